The zero-order valence-corrected chi connectivity index (χ0v) is 13.7. The van der Waals surface area contributed by atoms with Gasteiger partial charge in [-0.2, -0.15) is 0 Å². The Kier molecular flexibility index (Phi) is 4.83. The van der Waals surface area contributed by atoms with Crippen molar-refractivity contribution in [3.05, 3.63) is 64.1 Å². The number of aryl methyl sites for hydroxylation is 1. The number of sulfonamides is 1. The van der Waals surface area contributed by atoms with Gasteiger partial charge in [0.1, 0.15) is 0 Å². The van der Waals surface area contributed by atoms with E-state index in [4.69, 9.17) is 0 Å². The van der Waals surface area contributed by atoms with E-state index in [1.165, 1.54) is 4.57 Å². The summed E-state index contributed by atoms with van der Waals surface area (Å²) in [6, 6.07) is 10.1. The van der Waals surface area contributed by atoms with Crippen LogP contribution in [0.15, 0.2) is 52.3 Å². The molecular formula is C16H20N2O3S. The van der Waals surface area contributed by atoms with E-state index in [0.717, 1.165) is 5.56 Å². The summed E-state index contributed by atoms with van der Waals surface area (Å²) in [5.74, 6) is 0.344. The Morgan fingerprint density at radius 2 is 1.77 bits per heavy atom. The topological polar surface area (TPSA) is 68.2 Å². The average molecular weight is 320 g/mol. The number of benzene rings is 1. The van der Waals surface area contributed by atoms with Crippen molar-refractivity contribution in [3.8, 4) is 0 Å². The van der Waals surface area contributed by atoms with Crippen LogP contribution >= 0.6 is 0 Å². The van der Waals surface area contributed by atoms with Crippen molar-refractivity contribution in [2.75, 3.05) is 0 Å². The molecule has 0 aliphatic rings. The smallest absolute Gasteiger partial charge is 0.254 e. The fourth-order valence-corrected chi connectivity index (χ4v) is 3.08. The van der Waals surface area contributed by atoms with E-state index in [9.17, 15) is 13.2 Å². The van der Waals surface area contributed by atoms with Gasteiger partial charge in [0.2, 0.25) is 10.0 Å². The average Bonchev–Trinajstić information content (AvgIpc) is 2.49. The van der Waals surface area contributed by atoms with Crippen molar-refractivity contribution in [2.24, 2.45) is 7.05 Å². The maximum Gasteiger partial charge on any atom is 0.254 e. The first-order valence-corrected chi connectivity index (χ1v) is 8.54. The van der Waals surface area contributed by atoms with Gasteiger partial charge in [0.05, 0.1) is 4.90 Å². The molecule has 0 aliphatic carbocycles. The summed E-state index contributed by atoms with van der Waals surface area (Å²) in [4.78, 5) is 12.1. The largest absolute Gasteiger partial charge is 0.318 e. The molecule has 1 heterocycles. The molecule has 0 saturated carbocycles. The lowest BCUT2D eigenvalue weighted by atomic mass is 10.0. The number of pyridine rings is 1. The van der Waals surface area contributed by atoms with E-state index in [1.807, 2.05) is 13.8 Å². The maximum atomic E-state index is 12.3. The van der Waals surface area contributed by atoms with E-state index in [-0.39, 0.29) is 17.0 Å². The molecule has 1 aromatic carbocycles. The molecule has 0 fully saturated rings. The number of nitrogens with one attached hydrogen (secondary N) is 1. The number of hydrogen-bond donors (Lipinski definition) is 1. The van der Waals surface area contributed by atoms with Crippen molar-refractivity contribution >= 4 is 10.0 Å². The van der Waals surface area contributed by atoms with E-state index < -0.39 is 10.0 Å². The molecular weight excluding hydrogens is 300 g/mol. The highest BCUT2D eigenvalue weighted by atomic mass is 32.2. The Bertz CT molecular complexity index is 806. The van der Waals surface area contributed by atoms with E-state index in [0.29, 0.717) is 11.5 Å². The number of nitrogens with zero attached hydrogens (tertiary/aromatic N) is 1. The van der Waals surface area contributed by atoms with Crippen LogP contribution in [0.5, 0.6) is 0 Å². The molecule has 0 saturated heterocycles. The van der Waals surface area contributed by atoms with Gasteiger partial charge in [0.25, 0.3) is 5.56 Å². The Morgan fingerprint density at radius 3 is 2.36 bits per heavy atom. The van der Waals surface area contributed by atoms with Gasteiger partial charge in [-0.25, -0.2) is 13.1 Å². The van der Waals surface area contributed by atoms with Crippen LogP contribution in [0.25, 0.3) is 0 Å². The molecule has 0 radical (unpaired) electrons. The van der Waals surface area contributed by atoms with Gasteiger partial charge in [-0.05, 0) is 29.7 Å². The van der Waals surface area contributed by atoms with Crippen molar-refractivity contribution in [3.63, 3.8) is 0 Å². The Morgan fingerprint density at radius 1 is 1.14 bits per heavy atom. The molecule has 6 heteroatoms. The predicted molar refractivity (Wildman–Crippen MR) is 86.2 cm³/mol. The van der Waals surface area contributed by atoms with Crippen LogP contribution in [0.1, 0.15) is 30.9 Å². The van der Waals surface area contributed by atoms with Crippen molar-refractivity contribution in [2.45, 2.75) is 31.2 Å². The molecule has 0 aliphatic heterocycles. The van der Waals surface area contributed by atoms with Gasteiger partial charge >= 0.3 is 0 Å². The van der Waals surface area contributed by atoms with Crippen LogP contribution in [0.3, 0.4) is 0 Å². The summed E-state index contributed by atoms with van der Waals surface area (Å²) in [6.45, 7) is 4.07. The molecule has 22 heavy (non-hydrogen) atoms. The van der Waals surface area contributed by atoms with Gasteiger partial charge in [-0.1, -0.05) is 32.0 Å². The second kappa shape index (κ2) is 6.46. The van der Waals surface area contributed by atoms with Crippen LogP contribution in [-0.2, 0) is 23.6 Å². The summed E-state index contributed by atoms with van der Waals surface area (Å²) in [7, 11) is -2.00. The predicted octanol–water partition coefficient (Wildman–Crippen LogP) is 1.99. The molecule has 0 spiro atoms. The summed E-state index contributed by atoms with van der Waals surface area (Å²) >= 11 is 0. The molecule has 2 aromatic rings. The minimum atomic E-state index is -3.63. The van der Waals surface area contributed by atoms with Crippen LogP contribution in [-0.4, -0.2) is 13.0 Å². The van der Waals surface area contributed by atoms with E-state index >= 15 is 0 Å². The number of aromatic nitrogens is 1. The quantitative estimate of drug-likeness (QED) is 0.916. The first kappa shape index (κ1) is 16.5. The SMILES string of the molecule is CC(C)c1ccc(S(=O)(=O)NCc2cccn(C)c2=O)cc1. The zero-order chi connectivity index (χ0) is 16.3. The minimum absolute atomic E-state index is 0.0260. The Balaban J connectivity index is 2.17. The van der Waals surface area contributed by atoms with Gasteiger partial charge in [-0.3, -0.25) is 4.79 Å². The lowest BCUT2D eigenvalue weighted by Crippen LogP contribution is -2.28. The monoisotopic (exact) mass is 320 g/mol. The first-order chi connectivity index (χ1) is 10.3. The Labute approximate surface area is 130 Å². The third-order valence-corrected chi connectivity index (χ3v) is 4.93. The Hall–Kier alpha value is -1.92. The molecule has 2 rings (SSSR count). The molecule has 0 atom stereocenters. The van der Waals surface area contributed by atoms with Gasteiger partial charge in [0, 0.05) is 25.4 Å². The molecule has 118 valence electrons. The van der Waals surface area contributed by atoms with Gasteiger partial charge < -0.3 is 4.57 Å². The molecule has 0 unspecified atom stereocenters. The zero-order valence-electron chi connectivity index (χ0n) is 12.9. The second-order valence-corrected chi connectivity index (χ2v) is 7.26. The van der Waals surface area contributed by atoms with Crippen LogP contribution in [0.4, 0.5) is 0 Å². The molecule has 5 nitrogen and oxygen atoms in total. The van der Waals surface area contributed by atoms with Crippen molar-refractivity contribution in [1.29, 1.82) is 0 Å². The first-order valence-electron chi connectivity index (χ1n) is 7.05. The van der Waals surface area contributed by atoms with Crippen LogP contribution < -0.4 is 10.3 Å². The minimum Gasteiger partial charge on any atom is -0.318 e. The van der Waals surface area contributed by atoms with Crippen molar-refractivity contribution in [1.82, 2.24) is 9.29 Å². The van der Waals surface area contributed by atoms with Gasteiger partial charge in [-0.15, -0.1) is 0 Å². The molecule has 1 aromatic heterocycles. The van der Waals surface area contributed by atoms with Gasteiger partial charge in [0.15, 0.2) is 0 Å². The summed E-state index contributed by atoms with van der Waals surface area (Å²) in [6.07, 6.45) is 1.63. The third kappa shape index (κ3) is 3.64. The number of hydrogen-bond acceptors (Lipinski definition) is 3. The third-order valence-electron chi connectivity index (χ3n) is 3.51. The number of rotatable bonds is 5. The lowest BCUT2D eigenvalue weighted by Gasteiger charge is -2.09. The molecule has 0 amide bonds. The summed E-state index contributed by atoms with van der Waals surface area (Å²) < 4.78 is 28.4. The molecule has 0 bridgehead atoms. The van der Waals surface area contributed by atoms with Crippen molar-refractivity contribution < 1.29 is 8.42 Å². The fraction of sp³-hybridized carbons (Fsp3) is 0.312. The lowest BCUT2D eigenvalue weighted by molar-refractivity contribution is 0.580. The van der Waals surface area contributed by atoms with Crippen LogP contribution in [0, 0.1) is 0 Å². The standard InChI is InChI=1S/C16H20N2O3S/c1-12(2)13-6-8-15(9-7-13)22(20,21)17-11-14-5-4-10-18(3)16(14)19/h4-10,12,17H,11H2,1-3H3. The van der Waals surface area contributed by atoms with E-state index in [1.54, 1.807) is 49.6 Å². The summed E-state index contributed by atoms with van der Waals surface area (Å²) in [5, 5.41) is 0. The highest BCUT2D eigenvalue weighted by molar-refractivity contribution is 7.89. The normalized spacial score (nSPS) is 11.8. The summed E-state index contributed by atoms with van der Waals surface area (Å²) in [5.41, 5.74) is 1.28. The highest BCUT2D eigenvalue weighted by Crippen LogP contribution is 2.17. The fourth-order valence-electron chi connectivity index (χ4n) is 2.08. The van der Waals surface area contributed by atoms with Crippen LogP contribution in [0.2, 0.25) is 0 Å². The maximum absolute atomic E-state index is 12.3. The molecule has 1 N–H and O–H groups in total. The second-order valence-electron chi connectivity index (χ2n) is 5.50. The van der Waals surface area contributed by atoms with E-state index in [2.05, 4.69) is 4.72 Å². The highest BCUT2D eigenvalue weighted by Gasteiger charge is 2.15.